The number of nitrogens with one attached hydrogen (secondary N) is 2. The van der Waals surface area contributed by atoms with E-state index in [0.29, 0.717) is 17.7 Å². The second-order valence-corrected chi connectivity index (χ2v) is 5.59. The normalized spacial score (nSPS) is 20.6. The smallest absolute Gasteiger partial charge is 0.251 e. The van der Waals surface area contributed by atoms with Gasteiger partial charge in [0.1, 0.15) is 0 Å². The molecule has 4 N–H and O–H groups in total. The Bertz CT molecular complexity index is 566. The van der Waals surface area contributed by atoms with E-state index < -0.39 is 0 Å². The minimum Gasteiger partial charge on any atom is -0.350 e. The van der Waals surface area contributed by atoms with E-state index in [-0.39, 0.29) is 29.8 Å². The topological polar surface area (TPSA) is 84.2 Å². The Kier molecular flexibility index (Phi) is 4.75. The van der Waals surface area contributed by atoms with Gasteiger partial charge in [0.25, 0.3) is 5.91 Å². The van der Waals surface area contributed by atoms with Crippen molar-refractivity contribution in [2.75, 3.05) is 5.32 Å². The van der Waals surface area contributed by atoms with Crippen LogP contribution in [0.15, 0.2) is 36.4 Å². The number of anilines is 1. The van der Waals surface area contributed by atoms with Crippen LogP contribution in [-0.4, -0.2) is 23.9 Å². The molecule has 21 heavy (non-hydrogen) atoms. The number of rotatable bonds is 4. The van der Waals surface area contributed by atoms with Gasteiger partial charge in [-0.1, -0.05) is 18.2 Å². The molecule has 2 atom stereocenters. The summed E-state index contributed by atoms with van der Waals surface area (Å²) < 4.78 is 0. The number of carbonyl (C=O) groups excluding carboxylic acids is 2. The van der Waals surface area contributed by atoms with Gasteiger partial charge in [0.15, 0.2) is 0 Å². The highest BCUT2D eigenvalue weighted by Crippen LogP contribution is 2.19. The van der Waals surface area contributed by atoms with Gasteiger partial charge in [-0.25, -0.2) is 0 Å². The van der Waals surface area contributed by atoms with Gasteiger partial charge < -0.3 is 16.4 Å². The molecule has 1 aromatic rings. The number of hydrogen-bond donors (Lipinski definition) is 3. The number of benzene rings is 1. The first-order chi connectivity index (χ1) is 9.95. The Labute approximate surface area is 124 Å². The van der Waals surface area contributed by atoms with Crippen LogP contribution in [0.25, 0.3) is 0 Å². The van der Waals surface area contributed by atoms with Crippen molar-refractivity contribution in [3.63, 3.8) is 0 Å². The standard InChI is InChI=1S/C16H21N3O2/c1-10(2)18-15(20)11-4-3-5-14(9-11)19-16(21)12-6-7-13(17)8-12/h3-7,9-10,12-13H,8,17H2,1-2H3,(H,18,20)(H,19,21). The van der Waals surface area contributed by atoms with Crippen molar-refractivity contribution in [1.82, 2.24) is 5.32 Å². The summed E-state index contributed by atoms with van der Waals surface area (Å²) in [6, 6.07) is 6.93. The maximum atomic E-state index is 12.1. The summed E-state index contributed by atoms with van der Waals surface area (Å²) in [5.41, 5.74) is 6.89. The van der Waals surface area contributed by atoms with Crippen molar-refractivity contribution < 1.29 is 9.59 Å². The van der Waals surface area contributed by atoms with Crippen LogP contribution in [0, 0.1) is 5.92 Å². The van der Waals surface area contributed by atoms with Gasteiger partial charge in [0.2, 0.25) is 5.91 Å². The molecule has 0 aliphatic heterocycles. The van der Waals surface area contributed by atoms with Crippen molar-refractivity contribution in [3.05, 3.63) is 42.0 Å². The first kappa shape index (κ1) is 15.3. The van der Waals surface area contributed by atoms with E-state index in [2.05, 4.69) is 10.6 Å². The highest BCUT2D eigenvalue weighted by Gasteiger charge is 2.22. The molecular formula is C16H21N3O2. The molecule has 2 unspecified atom stereocenters. The van der Waals surface area contributed by atoms with E-state index in [4.69, 9.17) is 5.73 Å². The first-order valence-electron chi connectivity index (χ1n) is 7.11. The van der Waals surface area contributed by atoms with Crippen LogP contribution < -0.4 is 16.4 Å². The SMILES string of the molecule is CC(C)NC(=O)c1cccc(NC(=O)C2C=CC(N)C2)c1. The van der Waals surface area contributed by atoms with E-state index >= 15 is 0 Å². The summed E-state index contributed by atoms with van der Waals surface area (Å²) >= 11 is 0. The van der Waals surface area contributed by atoms with Gasteiger partial charge in [0, 0.05) is 23.3 Å². The molecule has 2 amide bonds. The lowest BCUT2D eigenvalue weighted by Crippen LogP contribution is -2.30. The zero-order valence-corrected chi connectivity index (χ0v) is 12.3. The third-order valence-corrected chi connectivity index (χ3v) is 3.27. The van der Waals surface area contributed by atoms with Gasteiger partial charge in [-0.05, 0) is 38.5 Å². The molecule has 0 saturated carbocycles. The predicted octanol–water partition coefficient (Wildman–Crippen LogP) is 1.67. The monoisotopic (exact) mass is 287 g/mol. The zero-order valence-electron chi connectivity index (χ0n) is 12.3. The van der Waals surface area contributed by atoms with Gasteiger partial charge in [-0.2, -0.15) is 0 Å². The molecule has 0 spiro atoms. The summed E-state index contributed by atoms with van der Waals surface area (Å²) in [4.78, 5) is 24.0. The third kappa shape index (κ3) is 4.16. The van der Waals surface area contributed by atoms with Gasteiger partial charge in [-0.3, -0.25) is 9.59 Å². The minimum atomic E-state index is -0.201. The summed E-state index contributed by atoms with van der Waals surface area (Å²) in [6.45, 7) is 3.80. The van der Waals surface area contributed by atoms with Crippen molar-refractivity contribution in [1.29, 1.82) is 0 Å². The summed E-state index contributed by atoms with van der Waals surface area (Å²) in [5.74, 6) is -0.447. The molecule has 0 fully saturated rings. The molecule has 1 aromatic carbocycles. The van der Waals surface area contributed by atoms with E-state index in [1.54, 1.807) is 24.3 Å². The van der Waals surface area contributed by atoms with Crippen LogP contribution in [0.1, 0.15) is 30.6 Å². The summed E-state index contributed by atoms with van der Waals surface area (Å²) in [6.07, 6.45) is 4.30. The van der Waals surface area contributed by atoms with Crippen LogP contribution in [0.3, 0.4) is 0 Å². The second-order valence-electron chi connectivity index (χ2n) is 5.59. The van der Waals surface area contributed by atoms with Crippen LogP contribution in [-0.2, 0) is 4.79 Å². The lowest BCUT2D eigenvalue weighted by molar-refractivity contribution is -0.118. The lowest BCUT2D eigenvalue weighted by Gasteiger charge is -2.12. The second kappa shape index (κ2) is 6.54. The van der Waals surface area contributed by atoms with E-state index in [9.17, 15) is 9.59 Å². The fourth-order valence-electron chi connectivity index (χ4n) is 2.24. The first-order valence-corrected chi connectivity index (χ1v) is 7.11. The maximum Gasteiger partial charge on any atom is 0.251 e. The molecular weight excluding hydrogens is 266 g/mol. The van der Waals surface area contributed by atoms with Crippen LogP contribution in [0.2, 0.25) is 0 Å². The van der Waals surface area contributed by atoms with Gasteiger partial charge in [-0.15, -0.1) is 0 Å². The molecule has 5 heteroatoms. The molecule has 0 heterocycles. The Morgan fingerprint density at radius 3 is 2.67 bits per heavy atom. The fourth-order valence-corrected chi connectivity index (χ4v) is 2.24. The van der Waals surface area contributed by atoms with Crippen LogP contribution >= 0.6 is 0 Å². The lowest BCUT2D eigenvalue weighted by atomic mass is 10.1. The molecule has 0 bridgehead atoms. The van der Waals surface area contributed by atoms with E-state index in [0.717, 1.165) is 0 Å². The number of amides is 2. The largest absolute Gasteiger partial charge is 0.350 e. The molecule has 112 valence electrons. The Balaban J connectivity index is 2.02. The van der Waals surface area contributed by atoms with E-state index in [1.807, 2.05) is 26.0 Å². The molecule has 1 aliphatic carbocycles. The fraction of sp³-hybridized carbons (Fsp3) is 0.375. The summed E-state index contributed by atoms with van der Waals surface area (Å²) in [7, 11) is 0. The molecule has 0 radical (unpaired) electrons. The zero-order chi connectivity index (χ0) is 15.4. The highest BCUT2D eigenvalue weighted by atomic mass is 16.2. The number of carbonyl (C=O) groups is 2. The van der Waals surface area contributed by atoms with E-state index in [1.165, 1.54) is 0 Å². The predicted molar refractivity (Wildman–Crippen MR) is 82.9 cm³/mol. The molecule has 0 aromatic heterocycles. The molecule has 1 aliphatic rings. The van der Waals surface area contributed by atoms with Crippen LogP contribution in [0.4, 0.5) is 5.69 Å². The molecule has 0 saturated heterocycles. The average molecular weight is 287 g/mol. The van der Waals surface area contributed by atoms with Crippen molar-refractivity contribution in [3.8, 4) is 0 Å². The quantitative estimate of drug-likeness (QED) is 0.736. The van der Waals surface area contributed by atoms with Crippen molar-refractivity contribution >= 4 is 17.5 Å². The average Bonchev–Trinajstić information content (AvgIpc) is 2.85. The van der Waals surface area contributed by atoms with Crippen molar-refractivity contribution in [2.24, 2.45) is 11.7 Å². The number of nitrogens with two attached hydrogens (primary N) is 1. The Morgan fingerprint density at radius 1 is 1.29 bits per heavy atom. The third-order valence-electron chi connectivity index (χ3n) is 3.27. The van der Waals surface area contributed by atoms with Gasteiger partial charge >= 0.3 is 0 Å². The Hall–Kier alpha value is -2.14. The number of hydrogen-bond acceptors (Lipinski definition) is 3. The minimum absolute atomic E-state index is 0.0519. The summed E-state index contributed by atoms with van der Waals surface area (Å²) in [5, 5.41) is 5.65. The highest BCUT2D eigenvalue weighted by molar-refractivity contribution is 5.98. The van der Waals surface area contributed by atoms with Crippen molar-refractivity contribution in [2.45, 2.75) is 32.4 Å². The van der Waals surface area contributed by atoms with Crippen LogP contribution in [0.5, 0.6) is 0 Å². The maximum absolute atomic E-state index is 12.1. The molecule has 5 nitrogen and oxygen atoms in total. The molecule has 2 rings (SSSR count). The Morgan fingerprint density at radius 2 is 2.05 bits per heavy atom. The van der Waals surface area contributed by atoms with Gasteiger partial charge in [0.05, 0.1) is 5.92 Å².